The van der Waals surface area contributed by atoms with E-state index in [-0.39, 0.29) is 11.5 Å². The van der Waals surface area contributed by atoms with E-state index in [1.165, 1.54) is 13.1 Å². The fourth-order valence-electron chi connectivity index (χ4n) is 1.32. The predicted octanol–water partition coefficient (Wildman–Crippen LogP) is 2.30. The topological polar surface area (TPSA) is 88.7 Å². The molecule has 18 heavy (non-hydrogen) atoms. The minimum atomic E-state index is -0.188. The van der Waals surface area contributed by atoms with E-state index in [1.807, 2.05) is 19.1 Å². The molecule has 0 heterocycles. The lowest BCUT2D eigenvalue weighted by atomic mass is 10.2. The molecular weight excluding hydrogens is 228 g/mol. The molecule has 5 nitrogen and oxygen atoms in total. The van der Waals surface area contributed by atoms with Gasteiger partial charge in [0.1, 0.15) is 17.7 Å². The van der Waals surface area contributed by atoms with Crippen LogP contribution in [0.4, 0.5) is 11.4 Å². The summed E-state index contributed by atoms with van der Waals surface area (Å²) in [6.45, 7) is 3.32. The van der Waals surface area contributed by atoms with Gasteiger partial charge in [0.2, 0.25) is 5.91 Å². The molecule has 5 heteroatoms. The third-order valence-electron chi connectivity index (χ3n) is 2.10. The molecule has 0 atom stereocenters. The number of rotatable bonds is 3. The van der Waals surface area contributed by atoms with E-state index in [0.29, 0.717) is 11.4 Å². The summed E-state index contributed by atoms with van der Waals surface area (Å²) in [5.41, 5.74) is 2.19. The fourth-order valence-corrected chi connectivity index (χ4v) is 1.32. The van der Waals surface area contributed by atoms with E-state index < -0.39 is 0 Å². The standard InChI is InChI=1S/C13H12N4O/c1-9-3-4-12(17-10(2)18)13(5-9)16-8-11(6-14)7-15/h3-5,8,16H,1-2H3,(H,17,18). The lowest BCUT2D eigenvalue weighted by Crippen LogP contribution is -2.08. The molecule has 0 radical (unpaired) electrons. The van der Waals surface area contributed by atoms with E-state index in [1.54, 1.807) is 18.2 Å². The smallest absolute Gasteiger partial charge is 0.221 e. The predicted molar refractivity (Wildman–Crippen MR) is 68.4 cm³/mol. The van der Waals surface area contributed by atoms with Gasteiger partial charge in [-0.15, -0.1) is 0 Å². The molecule has 1 aromatic carbocycles. The van der Waals surface area contributed by atoms with E-state index in [9.17, 15) is 4.79 Å². The van der Waals surface area contributed by atoms with Crippen molar-refractivity contribution in [2.24, 2.45) is 0 Å². The van der Waals surface area contributed by atoms with Gasteiger partial charge in [0.15, 0.2) is 0 Å². The van der Waals surface area contributed by atoms with E-state index in [0.717, 1.165) is 5.56 Å². The molecule has 2 N–H and O–H groups in total. The average molecular weight is 240 g/mol. The zero-order chi connectivity index (χ0) is 13.5. The first-order chi connectivity index (χ1) is 8.56. The van der Waals surface area contributed by atoms with Crippen molar-refractivity contribution in [3.8, 4) is 12.1 Å². The summed E-state index contributed by atoms with van der Waals surface area (Å²) in [6, 6.07) is 8.92. The maximum absolute atomic E-state index is 11.0. The van der Waals surface area contributed by atoms with Crippen LogP contribution in [0.2, 0.25) is 0 Å². The number of nitrogens with zero attached hydrogens (tertiary/aromatic N) is 2. The van der Waals surface area contributed by atoms with Crippen molar-refractivity contribution in [2.75, 3.05) is 10.6 Å². The summed E-state index contributed by atoms with van der Waals surface area (Å²) in [6.07, 6.45) is 1.31. The first-order valence-corrected chi connectivity index (χ1v) is 5.22. The highest BCUT2D eigenvalue weighted by Gasteiger charge is 2.03. The lowest BCUT2D eigenvalue weighted by Gasteiger charge is -2.10. The van der Waals surface area contributed by atoms with Gasteiger partial charge >= 0.3 is 0 Å². The number of nitrogens with one attached hydrogen (secondary N) is 2. The number of benzene rings is 1. The van der Waals surface area contributed by atoms with Crippen molar-refractivity contribution in [3.63, 3.8) is 0 Å². The third kappa shape index (κ3) is 3.66. The van der Waals surface area contributed by atoms with Crippen molar-refractivity contribution in [1.82, 2.24) is 0 Å². The number of amides is 1. The molecule has 0 aliphatic rings. The second-order valence-electron chi connectivity index (χ2n) is 3.66. The second-order valence-corrected chi connectivity index (χ2v) is 3.66. The zero-order valence-corrected chi connectivity index (χ0v) is 10.1. The minimum Gasteiger partial charge on any atom is -0.358 e. The van der Waals surface area contributed by atoms with Gasteiger partial charge in [-0.05, 0) is 24.6 Å². The molecular formula is C13H12N4O. The summed E-state index contributed by atoms with van der Waals surface area (Å²) in [7, 11) is 0. The summed E-state index contributed by atoms with van der Waals surface area (Å²) >= 11 is 0. The van der Waals surface area contributed by atoms with E-state index >= 15 is 0 Å². The molecule has 0 spiro atoms. The van der Waals surface area contributed by atoms with Crippen molar-refractivity contribution in [3.05, 3.63) is 35.5 Å². The van der Waals surface area contributed by atoms with Crippen LogP contribution in [0.25, 0.3) is 0 Å². The Labute approximate surface area is 105 Å². The normalized spacial score (nSPS) is 8.67. The number of aryl methyl sites for hydroxylation is 1. The van der Waals surface area contributed by atoms with Gasteiger partial charge in [-0.2, -0.15) is 10.5 Å². The van der Waals surface area contributed by atoms with Crippen molar-refractivity contribution in [1.29, 1.82) is 10.5 Å². The van der Waals surface area contributed by atoms with Crippen LogP contribution in [0, 0.1) is 29.6 Å². The van der Waals surface area contributed by atoms with Gasteiger partial charge in [0.25, 0.3) is 0 Å². The monoisotopic (exact) mass is 240 g/mol. The Morgan fingerprint density at radius 2 is 1.94 bits per heavy atom. The van der Waals surface area contributed by atoms with E-state index in [2.05, 4.69) is 10.6 Å². The summed E-state index contributed by atoms with van der Waals surface area (Å²) in [5, 5.41) is 22.7. The van der Waals surface area contributed by atoms with Gasteiger partial charge in [-0.1, -0.05) is 6.07 Å². The van der Waals surface area contributed by atoms with Crippen molar-refractivity contribution in [2.45, 2.75) is 13.8 Å². The van der Waals surface area contributed by atoms with Gasteiger partial charge in [-0.3, -0.25) is 4.79 Å². The van der Waals surface area contributed by atoms with Gasteiger partial charge in [0, 0.05) is 13.1 Å². The number of carbonyl (C=O) groups is 1. The SMILES string of the molecule is CC(=O)Nc1ccc(C)cc1NC=C(C#N)C#N. The van der Waals surface area contributed by atoms with Crippen LogP contribution >= 0.6 is 0 Å². The number of hydrogen-bond donors (Lipinski definition) is 2. The largest absolute Gasteiger partial charge is 0.358 e. The first-order valence-electron chi connectivity index (χ1n) is 5.22. The molecule has 0 bridgehead atoms. The minimum absolute atomic E-state index is 0.0368. The Hall–Kier alpha value is -2.79. The molecule has 1 amide bonds. The van der Waals surface area contributed by atoms with Gasteiger partial charge < -0.3 is 10.6 Å². The Balaban J connectivity index is 3.04. The quantitative estimate of drug-likeness (QED) is 0.793. The van der Waals surface area contributed by atoms with Crippen LogP contribution in [0.5, 0.6) is 0 Å². The fraction of sp³-hybridized carbons (Fsp3) is 0.154. The van der Waals surface area contributed by atoms with Crippen LogP contribution in [0.3, 0.4) is 0 Å². The first kappa shape index (κ1) is 13.3. The Morgan fingerprint density at radius 1 is 1.28 bits per heavy atom. The Kier molecular flexibility index (Phi) is 4.48. The molecule has 0 saturated carbocycles. The third-order valence-corrected chi connectivity index (χ3v) is 2.10. The molecule has 1 rings (SSSR count). The van der Waals surface area contributed by atoms with E-state index in [4.69, 9.17) is 10.5 Å². The molecule has 0 unspecified atom stereocenters. The summed E-state index contributed by atoms with van der Waals surface area (Å²) < 4.78 is 0. The van der Waals surface area contributed by atoms with Crippen molar-refractivity contribution < 1.29 is 4.79 Å². The van der Waals surface area contributed by atoms with Crippen LogP contribution < -0.4 is 10.6 Å². The Morgan fingerprint density at radius 3 is 2.50 bits per heavy atom. The summed E-state index contributed by atoms with van der Waals surface area (Å²) in [4.78, 5) is 11.0. The van der Waals surface area contributed by atoms with Crippen LogP contribution in [0.1, 0.15) is 12.5 Å². The highest BCUT2D eigenvalue weighted by molar-refractivity contribution is 5.92. The van der Waals surface area contributed by atoms with Crippen molar-refractivity contribution >= 4 is 17.3 Å². The number of allylic oxidation sites excluding steroid dienone is 1. The number of carbonyl (C=O) groups excluding carboxylic acids is 1. The molecule has 0 aromatic heterocycles. The lowest BCUT2D eigenvalue weighted by molar-refractivity contribution is -0.114. The molecule has 1 aromatic rings. The zero-order valence-electron chi connectivity index (χ0n) is 10.1. The highest BCUT2D eigenvalue weighted by atomic mass is 16.1. The molecule has 0 aliphatic carbocycles. The maximum atomic E-state index is 11.0. The number of hydrogen-bond acceptors (Lipinski definition) is 4. The average Bonchev–Trinajstić information content (AvgIpc) is 2.33. The molecule has 0 saturated heterocycles. The van der Waals surface area contributed by atoms with Crippen LogP contribution in [-0.4, -0.2) is 5.91 Å². The maximum Gasteiger partial charge on any atom is 0.221 e. The number of anilines is 2. The highest BCUT2D eigenvalue weighted by Crippen LogP contribution is 2.23. The second kappa shape index (κ2) is 6.07. The van der Waals surface area contributed by atoms with Crippen LogP contribution in [-0.2, 0) is 4.79 Å². The van der Waals surface area contributed by atoms with Gasteiger partial charge in [0.05, 0.1) is 11.4 Å². The molecule has 0 fully saturated rings. The molecule has 0 aliphatic heterocycles. The van der Waals surface area contributed by atoms with Crippen LogP contribution in [0.15, 0.2) is 30.0 Å². The molecule has 90 valence electrons. The van der Waals surface area contributed by atoms with Gasteiger partial charge in [-0.25, -0.2) is 0 Å². The summed E-state index contributed by atoms with van der Waals surface area (Å²) in [5.74, 6) is -0.188. The number of nitriles is 2. The Bertz CT molecular complexity index is 560.